The predicted octanol–water partition coefficient (Wildman–Crippen LogP) is 8.20. The van der Waals surface area contributed by atoms with Crippen LogP contribution in [-0.2, 0) is 19.0 Å². The smallest absolute Gasteiger partial charge is 0.445 e. The van der Waals surface area contributed by atoms with E-state index in [1.165, 1.54) is 0 Å². The highest BCUT2D eigenvalue weighted by Gasteiger charge is 2.64. The second-order valence-corrected chi connectivity index (χ2v) is 17.7. The van der Waals surface area contributed by atoms with Crippen LogP contribution in [0.25, 0.3) is 0 Å². The quantitative estimate of drug-likeness (QED) is 0.232. The van der Waals surface area contributed by atoms with Gasteiger partial charge in [-0.05, 0) is 92.8 Å². The van der Waals surface area contributed by atoms with Crippen LogP contribution in [0.4, 0.5) is 9.59 Å². The molecule has 4 aliphatic rings. The molecule has 4 rings (SSSR count). The number of carbonyl (C=O) groups is 3. The van der Waals surface area contributed by atoms with Gasteiger partial charge in [-0.25, -0.2) is 9.59 Å². The maximum absolute atomic E-state index is 12.9. The summed E-state index contributed by atoms with van der Waals surface area (Å²) in [5.41, 5.74) is -0.330. The summed E-state index contributed by atoms with van der Waals surface area (Å²) >= 11 is 34.5. The number of carbonyl (C=O) groups excluding carboxylic acids is 3. The zero-order valence-corrected chi connectivity index (χ0v) is 27.4. The molecule has 0 spiro atoms. The van der Waals surface area contributed by atoms with Crippen molar-refractivity contribution in [3.8, 4) is 0 Å². The maximum Gasteiger partial charge on any atom is 0.508 e. The van der Waals surface area contributed by atoms with Gasteiger partial charge in [0.1, 0.15) is 25.1 Å². The van der Waals surface area contributed by atoms with Crippen LogP contribution >= 0.6 is 69.6 Å². The fourth-order valence-corrected chi connectivity index (χ4v) is 9.29. The summed E-state index contributed by atoms with van der Waals surface area (Å²) in [5, 5.41) is 3.13. The van der Waals surface area contributed by atoms with E-state index in [0.29, 0.717) is 31.1 Å². The average Bonchev–Trinajstić information content (AvgIpc) is 3.17. The first-order chi connectivity index (χ1) is 18.4. The standard InChI is InChI=1S/C27H37Cl6NO6/c1-14(35)18-6-7-19-17-5-4-15-10-16(40-23(37)39-13-27(31,32)33)8-9-24(15,2)21(17)20(11-25(18,19)3)34-22(36)38-12-26(28,29)30/h15-21H,4-13H2,1-3H3,(H,34,36)/t15-,16+,17-,18+,19-,20+,21+,24-,25+/m0/s1. The minimum atomic E-state index is -1.71. The molecule has 0 radical (unpaired) electrons. The molecule has 4 saturated carbocycles. The van der Waals surface area contributed by atoms with E-state index in [9.17, 15) is 14.4 Å². The largest absolute Gasteiger partial charge is 0.508 e. The van der Waals surface area contributed by atoms with Gasteiger partial charge in [0.05, 0.1) is 0 Å². The Labute approximate surface area is 265 Å². The number of hydrogen-bond acceptors (Lipinski definition) is 6. The lowest BCUT2D eigenvalue weighted by Gasteiger charge is -2.63. The molecule has 9 atom stereocenters. The van der Waals surface area contributed by atoms with Gasteiger partial charge in [0.15, 0.2) is 0 Å². The number of alkyl carbamates (subject to hydrolysis) is 1. The van der Waals surface area contributed by atoms with Crippen molar-refractivity contribution in [2.45, 2.75) is 91.9 Å². The molecule has 1 N–H and O–H groups in total. The molecule has 4 aliphatic carbocycles. The van der Waals surface area contributed by atoms with Gasteiger partial charge >= 0.3 is 12.2 Å². The highest BCUT2D eigenvalue weighted by atomic mass is 35.6. The fraction of sp³-hybridized carbons (Fsp3) is 0.889. The molecule has 0 aromatic carbocycles. The highest BCUT2D eigenvalue weighted by molar-refractivity contribution is 6.68. The van der Waals surface area contributed by atoms with Crippen molar-refractivity contribution in [1.82, 2.24) is 5.32 Å². The molecule has 0 saturated heterocycles. The summed E-state index contributed by atoms with van der Waals surface area (Å²) in [4.78, 5) is 37.9. The molecule has 40 heavy (non-hydrogen) atoms. The van der Waals surface area contributed by atoms with Gasteiger partial charge in [0.25, 0.3) is 0 Å². The Hall–Kier alpha value is -0.0500. The third-order valence-corrected chi connectivity index (χ3v) is 11.0. The van der Waals surface area contributed by atoms with Gasteiger partial charge < -0.3 is 19.5 Å². The Morgan fingerprint density at radius 3 is 2.15 bits per heavy atom. The van der Waals surface area contributed by atoms with Crippen molar-refractivity contribution in [3.63, 3.8) is 0 Å². The highest BCUT2D eigenvalue weighted by Crippen LogP contribution is 2.67. The van der Waals surface area contributed by atoms with Crippen LogP contribution in [0.2, 0.25) is 0 Å². The summed E-state index contributed by atoms with van der Waals surface area (Å²) in [6.07, 6.45) is 4.87. The second kappa shape index (κ2) is 12.1. The molecule has 0 aromatic rings. The molecular weight excluding hydrogens is 647 g/mol. The third-order valence-electron chi connectivity index (χ3n) is 10.4. The molecule has 0 heterocycles. The molecule has 228 valence electrons. The van der Waals surface area contributed by atoms with E-state index in [1.807, 2.05) is 0 Å². The lowest BCUT2D eigenvalue weighted by Crippen LogP contribution is -2.63. The number of ether oxygens (including phenoxy) is 3. The van der Waals surface area contributed by atoms with E-state index < -0.39 is 26.4 Å². The van der Waals surface area contributed by atoms with E-state index in [1.54, 1.807) is 6.92 Å². The summed E-state index contributed by atoms with van der Waals surface area (Å²) in [6.45, 7) is 5.44. The SMILES string of the molecule is CC(=O)[C@H]1CC[C@H]2[C@@H]3CC[C@H]4C[C@H](OC(=O)OCC(Cl)(Cl)Cl)CC[C@]4(C)[C@H]3[C@H](NC(=O)OCC(Cl)(Cl)Cl)C[C@]12C. The lowest BCUT2D eigenvalue weighted by molar-refractivity contribution is -0.148. The number of alkyl halides is 6. The van der Waals surface area contributed by atoms with Crippen LogP contribution in [-0.4, -0.2) is 51.0 Å². The van der Waals surface area contributed by atoms with Gasteiger partial charge in [0, 0.05) is 12.0 Å². The van der Waals surface area contributed by atoms with Crippen LogP contribution in [0.15, 0.2) is 0 Å². The molecule has 4 fully saturated rings. The number of rotatable bonds is 5. The summed E-state index contributed by atoms with van der Waals surface area (Å²) < 4.78 is 12.4. The predicted molar refractivity (Wildman–Crippen MR) is 156 cm³/mol. The van der Waals surface area contributed by atoms with E-state index in [4.69, 9.17) is 83.8 Å². The van der Waals surface area contributed by atoms with Crippen molar-refractivity contribution in [2.24, 2.45) is 40.4 Å². The Morgan fingerprint density at radius 2 is 1.52 bits per heavy atom. The number of halogens is 6. The van der Waals surface area contributed by atoms with Gasteiger partial charge in [-0.15, -0.1) is 0 Å². The zero-order valence-electron chi connectivity index (χ0n) is 22.8. The van der Waals surface area contributed by atoms with Crippen molar-refractivity contribution < 1.29 is 28.6 Å². The van der Waals surface area contributed by atoms with Crippen LogP contribution in [0.5, 0.6) is 0 Å². The van der Waals surface area contributed by atoms with Crippen LogP contribution in [0.1, 0.15) is 72.1 Å². The number of ketones is 1. The van der Waals surface area contributed by atoms with Crippen molar-refractivity contribution in [1.29, 1.82) is 0 Å². The molecule has 0 bridgehead atoms. The van der Waals surface area contributed by atoms with Crippen LogP contribution in [0.3, 0.4) is 0 Å². The Kier molecular flexibility index (Phi) is 9.98. The third kappa shape index (κ3) is 7.18. The van der Waals surface area contributed by atoms with Crippen molar-refractivity contribution in [3.05, 3.63) is 0 Å². The van der Waals surface area contributed by atoms with E-state index in [0.717, 1.165) is 32.1 Å². The first-order valence-electron chi connectivity index (χ1n) is 13.8. The van der Waals surface area contributed by atoms with Gasteiger partial charge in [0.2, 0.25) is 7.59 Å². The molecule has 13 heteroatoms. The van der Waals surface area contributed by atoms with Gasteiger partial charge in [-0.2, -0.15) is 0 Å². The average molecular weight is 684 g/mol. The number of nitrogens with one attached hydrogen (secondary N) is 1. The number of hydrogen-bond donors (Lipinski definition) is 1. The minimum absolute atomic E-state index is 0.0340. The second-order valence-electron chi connectivity index (χ2n) is 12.6. The normalized spacial score (nSPS) is 39.3. The summed E-state index contributed by atoms with van der Waals surface area (Å²) in [7, 11) is 0. The first kappa shape index (κ1) is 32.9. The van der Waals surface area contributed by atoms with Gasteiger partial charge in [-0.3, -0.25) is 4.79 Å². The van der Waals surface area contributed by atoms with Crippen molar-refractivity contribution in [2.75, 3.05) is 13.2 Å². The minimum Gasteiger partial charge on any atom is -0.445 e. The lowest BCUT2D eigenvalue weighted by atomic mass is 9.43. The maximum atomic E-state index is 12.9. The fourth-order valence-electron chi connectivity index (χ4n) is 8.97. The van der Waals surface area contributed by atoms with E-state index in [-0.39, 0.29) is 53.1 Å². The van der Waals surface area contributed by atoms with Gasteiger partial charge in [-0.1, -0.05) is 83.5 Å². The van der Waals surface area contributed by atoms with Crippen LogP contribution < -0.4 is 5.32 Å². The summed E-state index contributed by atoms with van der Waals surface area (Å²) in [6, 6.07) is -0.214. The molecule has 7 nitrogen and oxygen atoms in total. The molecular formula is C27H37Cl6NO6. The zero-order chi connectivity index (χ0) is 29.7. The molecule has 0 aromatic heterocycles. The number of amides is 1. The summed E-state index contributed by atoms with van der Waals surface area (Å²) in [5.74, 6) is 1.34. The first-order valence-corrected chi connectivity index (χ1v) is 16.1. The number of Topliss-reactive ketones (excluding diaryl/α,β-unsaturated/α-hetero) is 1. The Balaban J connectivity index is 1.54. The van der Waals surface area contributed by atoms with E-state index >= 15 is 0 Å². The van der Waals surface area contributed by atoms with E-state index in [2.05, 4.69) is 19.2 Å². The van der Waals surface area contributed by atoms with Crippen LogP contribution in [0, 0.1) is 40.4 Å². The topological polar surface area (TPSA) is 90.9 Å². The molecule has 0 unspecified atom stereocenters. The Bertz CT molecular complexity index is 988. The van der Waals surface area contributed by atoms with Crippen molar-refractivity contribution >= 4 is 87.6 Å². The Morgan fingerprint density at radius 1 is 0.875 bits per heavy atom. The molecule has 1 amide bonds. The number of fused-ring (bicyclic) bond motifs is 5. The monoisotopic (exact) mass is 681 g/mol. The molecule has 0 aliphatic heterocycles.